The van der Waals surface area contributed by atoms with Crippen molar-refractivity contribution in [1.29, 1.82) is 0 Å². The molecule has 0 spiro atoms. The van der Waals surface area contributed by atoms with E-state index in [2.05, 4.69) is 22.1 Å². The van der Waals surface area contributed by atoms with Gasteiger partial charge in [-0.05, 0) is 66.8 Å². The number of allylic oxidation sites excluding steroid dienone is 1. The average molecular weight is 519 g/mol. The van der Waals surface area contributed by atoms with Crippen molar-refractivity contribution in [3.63, 3.8) is 0 Å². The van der Waals surface area contributed by atoms with E-state index in [-0.39, 0.29) is 0 Å². The minimum absolute atomic E-state index is 0.354. The number of carbonyl (C=O) groups is 1. The molecule has 1 aromatic heterocycles. The number of carboxylic acids is 1. The minimum Gasteiger partial charge on any atom is -0.488 e. The molecule has 0 bridgehead atoms. The van der Waals surface area contributed by atoms with E-state index >= 15 is 0 Å². The maximum Gasteiger partial charge on any atom is 0.328 e. The van der Waals surface area contributed by atoms with Gasteiger partial charge in [0.2, 0.25) is 0 Å². The van der Waals surface area contributed by atoms with Crippen LogP contribution in [0, 0.1) is 5.92 Å². The van der Waals surface area contributed by atoms with E-state index in [1.165, 1.54) is 0 Å². The van der Waals surface area contributed by atoms with Gasteiger partial charge in [-0.2, -0.15) is 0 Å². The summed E-state index contributed by atoms with van der Waals surface area (Å²) in [6.07, 6.45) is 11.6. The number of aliphatic imine (C=N–C) groups is 1. The molecule has 196 valence electrons. The predicted molar refractivity (Wildman–Crippen MR) is 154 cm³/mol. The Hall–Kier alpha value is -4.71. The van der Waals surface area contributed by atoms with Crippen LogP contribution in [-0.4, -0.2) is 22.3 Å². The fraction of sp³-hybridized carbons (Fsp3) is 0.182. The van der Waals surface area contributed by atoms with Crippen molar-refractivity contribution in [3.8, 4) is 11.5 Å². The zero-order valence-electron chi connectivity index (χ0n) is 21.6. The molecule has 6 heteroatoms. The van der Waals surface area contributed by atoms with Gasteiger partial charge in [-0.25, -0.2) is 9.78 Å². The molecule has 0 fully saturated rings. The lowest BCUT2D eigenvalue weighted by Crippen LogP contribution is -2.01. The Bertz CT molecular complexity index is 1510. The molecule has 1 atom stereocenters. The molecule has 4 aromatic rings. The number of hydrogen-bond acceptors (Lipinski definition) is 5. The molecule has 6 nitrogen and oxygen atoms in total. The van der Waals surface area contributed by atoms with Gasteiger partial charge < -0.3 is 14.6 Å². The summed E-state index contributed by atoms with van der Waals surface area (Å²) < 4.78 is 12.1. The highest BCUT2D eigenvalue weighted by atomic mass is 16.5. The largest absolute Gasteiger partial charge is 0.488 e. The van der Waals surface area contributed by atoms with Gasteiger partial charge in [-0.1, -0.05) is 54.6 Å². The molecule has 39 heavy (non-hydrogen) atoms. The quantitative estimate of drug-likeness (QED) is 0.204. The highest BCUT2D eigenvalue weighted by Crippen LogP contribution is 2.25. The molecular formula is C33H30N2O4. The van der Waals surface area contributed by atoms with E-state index in [4.69, 9.17) is 14.6 Å². The van der Waals surface area contributed by atoms with Crippen molar-refractivity contribution in [1.82, 2.24) is 4.98 Å². The van der Waals surface area contributed by atoms with Crippen LogP contribution in [0.25, 0.3) is 17.0 Å². The second-order valence-electron chi connectivity index (χ2n) is 9.46. The lowest BCUT2D eigenvalue weighted by molar-refractivity contribution is -0.131. The third kappa shape index (κ3) is 7.42. The maximum atomic E-state index is 11.1. The molecule has 0 amide bonds. The Labute approximate surface area is 228 Å². The number of aliphatic carboxylic acids is 1. The van der Waals surface area contributed by atoms with Crippen LogP contribution < -0.4 is 9.47 Å². The molecule has 0 aliphatic carbocycles. The maximum absolute atomic E-state index is 11.1. The van der Waals surface area contributed by atoms with Crippen LogP contribution >= 0.6 is 0 Å². The molecule has 0 radical (unpaired) electrons. The van der Waals surface area contributed by atoms with Crippen molar-refractivity contribution in [2.24, 2.45) is 10.9 Å². The Balaban J connectivity index is 1.19. The minimum atomic E-state index is -0.995. The van der Waals surface area contributed by atoms with Gasteiger partial charge in [0, 0.05) is 35.4 Å². The van der Waals surface area contributed by atoms with Crippen molar-refractivity contribution in [3.05, 3.63) is 120 Å². The van der Waals surface area contributed by atoms with Crippen LogP contribution in [0.15, 0.2) is 102 Å². The Kier molecular flexibility index (Phi) is 8.44. The average Bonchev–Trinajstić information content (AvgIpc) is 3.48. The Morgan fingerprint density at radius 1 is 0.923 bits per heavy atom. The topological polar surface area (TPSA) is 81.0 Å². The van der Waals surface area contributed by atoms with Crippen LogP contribution in [0.2, 0.25) is 0 Å². The summed E-state index contributed by atoms with van der Waals surface area (Å²) in [5, 5.41) is 10.2. The number of aryl methyl sites for hydroxylation is 1. The first kappa shape index (κ1) is 25.9. The first-order chi connectivity index (χ1) is 19.1. The summed E-state index contributed by atoms with van der Waals surface area (Å²) in [7, 11) is 0. The van der Waals surface area contributed by atoms with Crippen LogP contribution in [0.5, 0.6) is 11.5 Å². The number of nitrogens with zero attached hydrogens (tertiary/aromatic N) is 2. The number of para-hydroxylation sites is 1. The van der Waals surface area contributed by atoms with E-state index in [9.17, 15) is 4.79 Å². The fourth-order valence-electron chi connectivity index (χ4n) is 4.43. The van der Waals surface area contributed by atoms with E-state index in [0.717, 1.165) is 64.4 Å². The van der Waals surface area contributed by atoms with E-state index in [0.29, 0.717) is 24.9 Å². The second kappa shape index (κ2) is 12.7. The molecule has 1 aliphatic rings. The molecular weight excluding hydrogens is 488 g/mol. The second-order valence-corrected chi connectivity index (χ2v) is 9.46. The van der Waals surface area contributed by atoms with Gasteiger partial charge in [-0.3, -0.25) is 4.99 Å². The number of hydrogen-bond donors (Lipinski definition) is 1. The standard InChI is InChI=1S/C33H30N2O4/c36-33(37)17-13-28-11-8-24(4-3-5-25-18-19-34-21-25)20-32(28)39-22-26-9-15-30(16-10-26)38-23-29-14-12-27-6-1-2-7-31(27)35-29/h1-2,6-21,25H,3-5,22-23H2,(H,36,37)/b17-13-. The van der Waals surface area contributed by atoms with E-state index < -0.39 is 5.97 Å². The van der Waals surface area contributed by atoms with Crippen LogP contribution in [0.4, 0.5) is 0 Å². The van der Waals surface area contributed by atoms with Crippen molar-refractivity contribution in [2.75, 3.05) is 0 Å². The van der Waals surface area contributed by atoms with Gasteiger partial charge in [0.1, 0.15) is 24.7 Å². The lowest BCUT2D eigenvalue weighted by atomic mass is 10.00. The number of ether oxygens (including phenoxy) is 2. The lowest BCUT2D eigenvalue weighted by Gasteiger charge is -2.13. The molecule has 2 heterocycles. The number of benzene rings is 3. The highest BCUT2D eigenvalue weighted by molar-refractivity contribution is 5.86. The van der Waals surface area contributed by atoms with Gasteiger partial charge in [0.25, 0.3) is 0 Å². The monoisotopic (exact) mass is 518 g/mol. The molecule has 0 saturated heterocycles. The number of pyridine rings is 1. The molecule has 1 N–H and O–H groups in total. The Morgan fingerprint density at radius 3 is 2.59 bits per heavy atom. The third-order valence-corrected chi connectivity index (χ3v) is 6.54. The smallest absolute Gasteiger partial charge is 0.328 e. The fourth-order valence-corrected chi connectivity index (χ4v) is 4.43. The number of carboxylic acid groups (broad SMARTS) is 1. The van der Waals surface area contributed by atoms with Crippen molar-refractivity contribution in [2.45, 2.75) is 32.5 Å². The summed E-state index contributed by atoms with van der Waals surface area (Å²) in [6, 6.07) is 25.8. The molecule has 1 unspecified atom stereocenters. The van der Waals surface area contributed by atoms with Gasteiger partial charge in [0.15, 0.2) is 0 Å². The summed E-state index contributed by atoms with van der Waals surface area (Å²) in [5.41, 5.74) is 4.69. The Morgan fingerprint density at radius 2 is 1.77 bits per heavy atom. The summed E-state index contributed by atoms with van der Waals surface area (Å²) >= 11 is 0. The van der Waals surface area contributed by atoms with E-state index in [1.807, 2.05) is 85.2 Å². The normalized spacial score (nSPS) is 14.3. The van der Waals surface area contributed by atoms with Gasteiger partial charge in [0.05, 0.1) is 11.2 Å². The molecule has 1 aliphatic heterocycles. The van der Waals surface area contributed by atoms with Crippen LogP contribution in [-0.2, 0) is 24.4 Å². The van der Waals surface area contributed by atoms with Gasteiger partial charge >= 0.3 is 5.97 Å². The highest BCUT2D eigenvalue weighted by Gasteiger charge is 2.08. The summed E-state index contributed by atoms with van der Waals surface area (Å²) in [4.78, 5) is 19.9. The zero-order valence-corrected chi connectivity index (χ0v) is 21.6. The number of aromatic nitrogens is 1. The molecule has 0 saturated carbocycles. The van der Waals surface area contributed by atoms with Crippen LogP contribution in [0.1, 0.15) is 35.2 Å². The third-order valence-electron chi connectivity index (χ3n) is 6.54. The van der Waals surface area contributed by atoms with Crippen molar-refractivity contribution >= 4 is 29.2 Å². The predicted octanol–water partition coefficient (Wildman–Crippen LogP) is 7.03. The van der Waals surface area contributed by atoms with Crippen LogP contribution in [0.3, 0.4) is 0 Å². The van der Waals surface area contributed by atoms with Gasteiger partial charge in [-0.15, -0.1) is 0 Å². The van der Waals surface area contributed by atoms with Crippen molar-refractivity contribution < 1.29 is 19.4 Å². The molecule has 5 rings (SSSR count). The first-order valence-corrected chi connectivity index (χ1v) is 13.1. The summed E-state index contributed by atoms with van der Waals surface area (Å²) in [6.45, 7) is 0.740. The molecule has 3 aromatic carbocycles. The zero-order chi connectivity index (χ0) is 26.9. The number of fused-ring (bicyclic) bond motifs is 1. The summed E-state index contributed by atoms with van der Waals surface area (Å²) in [5.74, 6) is 0.832. The first-order valence-electron chi connectivity index (χ1n) is 13.1. The number of rotatable bonds is 12. The SMILES string of the molecule is O=C(O)/C=C\c1ccc(CCCC2C=CN=C2)cc1OCc1ccc(OCc2ccc3ccccc3n2)cc1. The van der Waals surface area contributed by atoms with E-state index in [1.54, 1.807) is 6.08 Å².